The van der Waals surface area contributed by atoms with Crippen molar-refractivity contribution in [3.63, 3.8) is 0 Å². The lowest BCUT2D eigenvalue weighted by molar-refractivity contribution is 0.347. The summed E-state index contributed by atoms with van der Waals surface area (Å²) >= 11 is 9.03. The largest absolute Gasteiger partial charge is 0.324 e. The molecule has 17 heavy (non-hydrogen) atoms. The lowest BCUT2D eigenvalue weighted by Gasteiger charge is -2.21. The molecule has 0 spiro atoms. The predicted molar refractivity (Wildman–Crippen MR) is 74.7 cm³/mol. The number of hydrogen-bond donors (Lipinski definition) is 1. The number of halogens is 3. The molecular weight excluding hydrogens is 305 g/mol. The maximum atomic E-state index is 13.9. The summed E-state index contributed by atoms with van der Waals surface area (Å²) in [7, 11) is 0. The van der Waals surface area contributed by atoms with Gasteiger partial charge in [-0.1, -0.05) is 38.4 Å². The molecule has 96 valence electrons. The molecule has 1 aromatic carbocycles. The van der Waals surface area contributed by atoms with Gasteiger partial charge in [-0.15, -0.1) is 0 Å². The van der Waals surface area contributed by atoms with Crippen LogP contribution in [-0.2, 0) is 0 Å². The molecule has 4 heteroatoms. The van der Waals surface area contributed by atoms with E-state index < -0.39 is 5.82 Å². The third kappa shape index (κ3) is 4.23. The van der Waals surface area contributed by atoms with Crippen molar-refractivity contribution in [2.24, 2.45) is 11.1 Å². The van der Waals surface area contributed by atoms with Crippen molar-refractivity contribution in [3.05, 3.63) is 33.0 Å². The maximum Gasteiger partial charge on any atom is 0.147 e. The Morgan fingerprint density at radius 1 is 1.41 bits per heavy atom. The first-order chi connectivity index (χ1) is 7.72. The Balaban J connectivity index is 2.83. The van der Waals surface area contributed by atoms with Crippen molar-refractivity contribution in [3.8, 4) is 0 Å². The molecule has 2 N–H and O–H groups in total. The zero-order chi connectivity index (χ0) is 13.2. The Kier molecular flexibility index (Phi) is 4.99. The molecule has 0 heterocycles. The van der Waals surface area contributed by atoms with Crippen LogP contribution in [0.5, 0.6) is 0 Å². The van der Waals surface area contributed by atoms with Gasteiger partial charge in [0.05, 0.1) is 5.02 Å². The van der Waals surface area contributed by atoms with Crippen molar-refractivity contribution in [1.29, 1.82) is 0 Å². The van der Waals surface area contributed by atoms with Crippen molar-refractivity contribution in [2.75, 3.05) is 0 Å². The van der Waals surface area contributed by atoms with E-state index in [-0.39, 0.29) is 16.5 Å². The Bertz CT molecular complexity index is 401. The van der Waals surface area contributed by atoms with Gasteiger partial charge in [0, 0.05) is 16.1 Å². The molecule has 0 saturated carbocycles. The second-order valence-electron chi connectivity index (χ2n) is 5.47. The van der Waals surface area contributed by atoms with E-state index in [9.17, 15) is 4.39 Å². The van der Waals surface area contributed by atoms with E-state index in [4.69, 9.17) is 17.3 Å². The molecule has 0 bridgehead atoms. The van der Waals surface area contributed by atoms with Gasteiger partial charge >= 0.3 is 0 Å². The molecule has 0 aromatic heterocycles. The Labute approximate surface area is 116 Å². The average molecular weight is 323 g/mol. The third-order valence-corrected chi connectivity index (χ3v) is 3.93. The van der Waals surface area contributed by atoms with Crippen LogP contribution >= 0.6 is 27.5 Å². The van der Waals surface area contributed by atoms with Crippen LogP contribution in [0.1, 0.15) is 45.2 Å². The van der Waals surface area contributed by atoms with Gasteiger partial charge in [-0.05, 0) is 40.3 Å². The van der Waals surface area contributed by atoms with Gasteiger partial charge in [0.15, 0.2) is 0 Å². The number of hydrogen-bond acceptors (Lipinski definition) is 1. The maximum absolute atomic E-state index is 13.9. The smallest absolute Gasteiger partial charge is 0.147 e. The van der Waals surface area contributed by atoms with Gasteiger partial charge in [-0.25, -0.2) is 4.39 Å². The monoisotopic (exact) mass is 321 g/mol. The molecule has 0 saturated heterocycles. The van der Waals surface area contributed by atoms with Crippen LogP contribution in [0.2, 0.25) is 5.02 Å². The SMILES string of the molecule is CC(C)(C)CCC(N)c1ccc(Br)c(Cl)c1F. The highest BCUT2D eigenvalue weighted by atomic mass is 79.9. The molecule has 0 amide bonds. The summed E-state index contributed by atoms with van der Waals surface area (Å²) in [5, 5.41) is 0.105. The Hall–Kier alpha value is -0.120. The minimum atomic E-state index is -0.414. The second-order valence-corrected chi connectivity index (χ2v) is 6.70. The molecule has 0 radical (unpaired) electrons. The Morgan fingerprint density at radius 2 is 2.00 bits per heavy atom. The zero-order valence-corrected chi connectivity index (χ0v) is 12.7. The van der Waals surface area contributed by atoms with E-state index in [0.29, 0.717) is 10.0 Å². The quantitative estimate of drug-likeness (QED) is 0.773. The number of benzene rings is 1. The molecule has 1 rings (SSSR count). The van der Waals surface area contributed by atoms with Crippen LogP contribution < -0.4 is 5.73 Å². The topological polar surface area (TPSA) is 26.0 Å². The van der Waals surface area contributed by atoms with Crippen molar-refractivity contribution in [2.45, 2.75) is 39.7 Å². The first-order valence-corrected chi connectivity index (χ1v) is 6.78. The van der Waals surface area contributed by atoms with Gasteiger partial charge in [0.2, 0.25) is 0 Å². The van der Waals surface area contributed by atoms with Gasteiger partial charge in [0.25, 0.3) is 0 Å². The minimum Gasteiger partial charge on any atom is -0.324 e. The molecule has 1 unspecified atom stereocenters. The predicted octanol–water partition coefficient (Wildman–Crippen LogP) is 5.07. The van der Waals surface area contributed by atoms with Crippen LogP contribution in [0.3, 0.4) is 0 Å². The van der Waals surface area contributed by atoms with Crippen LogP contribution in [0, 0.1) is 11.2 Å². The highest BCUT2D eigenvalue weighted by Crippen LogP contribution is 2.32. The van der Waals surface area contributed by atoms with Crippen LogP contribution in [0.25, 0.3) is 0 Å². The lowest BCUT2D eigenvalue weighted by Crippen LogP contribution is -2.16. The summed E-state index contributed by atoms with van der Waals surface area (Å²) < 4.78 is 14.4. The first kappa shape index (κ1) is 14.9. The molecule has 1 atom stereocenters. The van der Waals surface area contributed by atoms with Gasteiger partial charge < -0.3 is 5.73 Å². The summed E-state index contributed by atoms with van der Waals surface area (Å²) in [5.41, 5.74) is 6.70. The van der Waals surface area contributed by atoms with E-state index in [1.807, 2.05) is 0 Å². The summed E-state index contributed by atoms with van der Waals surface area (Å²) in [6, 6.07) is 3.12. The first-order valence-electron chi connectivity index (χ1n) is 5.61. The fraction of sp³-hybridized carbons (Fsp3) is 0.538. The van der Waals surface area contributed by atoms with Crippen molar-refractivity contribution >= 4 is 27.5 Å². The average Bonchev–Trinajstić information content (AvgIpc) is 2.22. The van der Waals surface area contributed by atoms with Gasteiger partial charge in [-0.3, -0.25) is 0 Å². The fourth-order valence-corrected chi connectivity index (χ4v) is 2.05. The summed E-state index contributed by atoms with van der Waals surface area (Å²) in [4.78, 5) is 0. The molecule has 0 aliphatic carbocycles. The summed E-state index contributed by atoms with van der Waals surface area (Å²) in [5.74, 6) is -0.414. The van der Waals surface area contributed by atoms with Crippen LogP contribution in [0.15, 0.2) is 16.6 Å². The van der Waals surface area contributed by atoms with Crippen LogP contribution in [-0.4, -0.2) is 0 Å². The normalized spacial score (nSPS) is 13.8. The fourth-order valence-electron chi connectivity index (χ4n) is 1.57. The summed E-state index contributed by atoms with van der Waals surface area (Å²) in [6.45, 7) is 6.43. The molecular formula is C13H18BrClFN. The summed E-state index contributed by atoms with van der Waals surface area (Å²) in [6.07, 6.45) is 1.69. The highest BCUT2D eigenvalue weighted by molar-refractivity contribution is 9.10. The van der Waals surface area contributed by atoms with E-state index in [1.54, 1.807) is 12.1 Å². The van der Waals surface area contributed by atoms with Gasteiger partial charge in [-0.2, -0.15) is 0 Å². The molecule has 1 nitrogen and oxygen atoms in total. The minimum absolute atomic E-state index is 0.105. The molecule has 1 aromatic rings. The standard InChI is InChI=1S/C13H18BrClFN/c1-13(2,3)7-6-10(17)8-4-5-9(14)11(15)12(8)16/h4-5,10H,6-7,17H2,1-3H3. The number of nitrogens with two attached hydrogens (primary N) is 1. The molecule has 0 aliphatic heterocycles. The van der Waals surface area contributed by atoms with Crippen LogP contribution in [0.4, 0.5) is 4.39 Å². The zero-order valence-electron chi connectivity index (χ0n) is 10.4. The van der Waals surface area contributed by atoms with E-state index in [0.717, 1.165) is 12.8 Å². The van der Waals surface area contributed by atoms with E-state index in [1.165, 1.54) is 0 Å². The lowest BCUT2D eigenvalue weighted by atomic mass is 9.87. The van der Waals surface area contributed by atoms with E-state index >= 15 is 0 Å². The van der Waals surface area contributed by atoms with Crippen molar-refractivity contribution in [1.82, 2.24) is 0 Å². The highest BCUT2D eigenvalue weighted by Gasteiger charge is 2.18. The van der Waals surface area contributed by atoms with E-state index in [2.05, 4.69) is 36.7 Å². The second kappa shape index (κ2) is 5.68. The van der Waals surface area contributed by atoms with Gasteiger partial charge in [0.1, 0.15) is 5.82 Å². The molecule has 0 aliphatic rings. The van der Waals surface area contributed by atoms with Crippen molar-refractivity contribution < 1.29 is 4.39 Å². The number of rotatable bonds is 3. The molecule has 0 fully saturated rings. The third-order valence-electron chi connectivity index (χ3n) is 2.67. The Morgan fingerprint density at radius 3 is 2.53 bits per heavy atom.